The van der Waals surface area contributed by atoms with Crippen molar-refractivity contribution < 1.29 is 17.9 Å². The standard InChI is InChI=1S/C23H21N3O4S2/c1-16-14-21(19-6-3-4-7-20(19)24-16)25-22(27)15-30-18-11-9-17(10-12-18)26(2)32(28,29)23-8-5-13-31-23/h3-14H,15H2,1-2H3,(H,24,25,27). The minimum atomic E-state index is -3.60. The number of pyridine rings is 1. The van der Waals surface area contributed by atoms with E-state index < -0.39 is 10.0 Å². The number of aryl methyl sites for hydroxylation is 1. The maximum absolute atomic E-state index is 12.6. The van der Waals surface area contributed by atoms with Gasteiger partial charge in [0.05, 0.1) is 16.9 Å². The van der Waals surface area contributed by atoms with Crippen LogP contribution in [-0.2, 0) is 14.8 Å². The Morgan fingerprint density at radius 2 is 1.84 bits per heavy atom. The lowest BCUT2D eigenvalue weighted by Crippen LogP contribution is -2.25. The van der Waals surface area contributed by atoms with Gasteiger partial charge in [0.1, 0.15) is 9.96 Å². The molecule has 0 bridgehead atoms. The van der Waals surface area contributed by atoms with E-state index in [1.54, 1.807) is 41.8 Å². The van der Waals surface area contributed by atoms with Gasteiger partial charge in [-0.25, -0.2) is 8.42 Å². The fraction of sp³-hybridized carbons (Fsp3) is 0.130. The molecule has 164 valence electrons. The van der Waals surface area contributed by atoms with E-state index in [1.807, 2.05) is 37.3 Å². The van der Waals surface area contributed by atoms with Gasteiger partial charge in [-0.2, -0.15) is 0 Å². The number of ether oxygens (including phenoxy) is 1. The highest BCUT2D eigenvalue weighted by molar-refractivity contribution is 7.94. The number of hydrogen-bond acceptors (Lipinski definition) is 6. The molecule has 0 fully saturated rings. The average Bonchev–Trinajstić information content (AvgIpc) is 3.33. The summed E-state index contributed by atoms with van der Waals surface area (Å²) < 4.78 is 32.3. The molecule has 0 saturated carbocycles. The SMILES string of the molecule is Cc1cc(NC(=O)COc2ccc(N(C)S(=O)(=O)c3cccs3)cc2)c2ccccc2n1. The molecule has 1 N–H and O–H groups in total. The topological polar surface area (TPSA) is 88.6 Å². The molecule has 0 saturated heterocycles. The molecular weight excluding hydrogens is 446 g/mol. The molecule has 4 aromatic rings. The smallest absolute Gasteiger partial charge is 0.273 e. The van der Waals surface area contributed by atoms with Gasteiger partial charge in [-0.1, -0.05) is 24.3 Å². The molecule has 9 heteroatoms. The molecule has 0 radical (unpaired) electrons. The summed E-state index contributed by atoms with van der Waals surface area (Å²) in [5.41, 5.74) is 2.78. The normalized spacial score (nSPS) is 11.3. The second-order valence-corrected chi connectivity index (χ2v) is 10.2. The van der Waals surface area contributed by atoms with Crippen LogP contribution in [0, 0.1) is 6.92 Å². The number of nitrogens with one attached hydrogen (secondary N) is 1. The second-order valence-electron chi connectivity index (χ2n) is 7.06. The Morgan fingerprint density at radius 1 is 1.09 bits per heavy atom. The summed E-state index contributed by atoms with van der Waals surface area (Å²) in [5, 5.41) is 5.44. The fourth-order valence-corrected chi connectivity index (χ4v) is 5.54. The number of carbonyl (C=O) groups excluding carboxylic acids is 1. The molecule has 0 unspecified atom stereocenters. The van der Waals surface area contributed by atoms with E-state index in [1.165, 1.54) is 22.7 Å². The highest BCUT2D eigenvalue weighted by Gasteiger charge is 2.22. The third-order valence-electron chi connectivity index (χ3n) is 4.80. The molecular formula is C23H21N3O4S2. The summed E-state index contributed by atoms with van der Waals surface area (Å²) in [5.74, 6) is 0.156. The lowest BCUT2D eigenvalue weighted by Gasteiger charge is -2.18. The van der Waals surface area contributed by atoms with Crippen LogP contribution in [0.3, 0.4) is 0 Å². The van der Waals surface area contributed by atoms with Gasteiger partial charge in [-0.3, -0.25) is 14.1 Å². The number of rotatable bonds is 7. The number of thiophene rings is 1. The van der Waals surface area contributed by atoms with Crippen molar-refractivity contribution in [3.8, 4) is 5.75 Å². The minimum Gasteiger partial charge on any atom is -0.484 e. The number of anilines is 2. The van der Waals surface area contributed by atoms with E-state index >= 15 is 0 Å². The number of carbonyl (C=O) groups is 1. The molecule has 32 heavy (non-hydrogen) atoms. The van der Waals surface area contributed by atoms with Gasteiger partial charge in [0.25, 0.3) is 15.9 Å². The third kappa shape index (κ3) is 4.58. The van der Waals surface area contributed by atoms with Crippen molar-refractivity contribution in [3.05, 3.63) is 77.8 Å². The highest BCUT2D eigenvalue weighted by atomic mass is 32.2. The maximum atomic E-state index is 12.6. The predicted octanol–water partition coefficient (Wildman–Crippen LogP) is 4.45. The number of sulfonamides is 1. The lowest BCUT2D eigenvalue weighted by atomic mass is 10.1. The Hall–Kier alpha value is -3.43. The van der Waals surface area contributed by atoms with Crippen LogP contribution >= 0.6 is 11.3 Å². The van der Waals surface area contributed by atoms with Crippen LogP contribution in [0.1, 0.15) is 5.69 Å². The van der Waals surface area contributed by atoms with Crippen molar-refractivity contribution in [1.29, 1.82) is 0 Å². The zero-order chi connectivity index (χ0) is 22.7. The molecule has 0 aliphatic heterocycles. The second kappa shape index (κ2) is 8.97. The van der Waals surface area contributed by atoms with Gasteiger partial charge in [0.15, 0.2) is 6.61 Å². The van der Waals surface area contributed by atoms with Crippen molar-refractivity contribution in [1.82, 2.24) is 4.98 Å². The summed E-state index contributed by atoms with van der Waals surface area (Å²) in [7, 11) is -2.10. The Morgan fingerprint density at radius 3 is 2.56 bits per heavy atom. The van der Waals surface area contributed by atoms with Crippen molar-refractivity contribution in [2.24, 2.45) is 0 Å². The van der Waals surface area contributed by atoms with Crippen LogP contribution in [0.2, 0.25) is 0 Å². The number of amides is 1. The van der Waals surface area contributed by atoms with E-state index in [-0.39, 0.29) is 16.7 Å². The summed E-state index contributed by atoms with van der Waals surface area (Å²) in [6.45, 7) is 1.69. The molecule has 0 spiro atoms. The molecule has 0 atom stereocenters. The average molecular weight is 468 g/mol. The first-order chi connectivity index (χ1) is 15.3. The van der Waals surface area contributed by atoms with Crippen molar-refractivity contribution in [2.75, 3.05) is 23.3 Å². The summed E-state index contributed by atoms with van der Waals surface area (Å²) >= 11 is 1.17. The van der Waals surface area contributed by atoms with Gasteiger partial charge in [0.2, 0.25) is 0 Å². The van der Waals surface area contributed by atoms with Gasteiger partial charge in [0, 0.05) is 18.1 Å². The first-order valence-electron chi connectivity index (χ1n) is 9.76. The Kier molecular flexibility index (Phi) is 6.11. The van der Waals surface area contributed by atoms with E-state index in [0.29, 0.717) is 17.1 Å². The maximum Gasteiger partial charge on any atom is 0.273 e. The molecule has 4 rings (SSSR count). The van der Waals surface area contributed by atoms with Crippen LogP contribution in [0.5, 0.6) is 5.75 Å². The molecule has 7 nitrogen and oxygen atoms in total. The van der Waals surface area contributed by atoms with Crippen molar-refractivity contribution >= 4 is 49.5 Å². The van der Waals surface area contributed by atoms with Gasteiger partial charge in [-0.05, 0) is 54.8 Å². The summed E-state index contributed by atoms with van der Waals surface area (Å²) in [4.78, 5) is 16.9. The highest BCUT2D eigenvalue weighted by Crippen LogP contribution is 2.27. The molecule has 0 aliphatic carbocycles. The Balaban J connectivity index is 1.40. The number of aromatic nitrogens is 1. The third-order valence-corrected chi connectivity index (χ3v) is 7.96. The number of para-hydroxylation sites is 1. The molecule has 1 amide bonds. The van der Waals surface area contributed by atoms with Crippen LogP contribution in [0.4, 0.5) is 11.4 Å². The van der Waals surface area contributed by atoms with Crippen molar-refractivity contribution in [3.63, 3.8) is 0 Å². The number of nitrogens with zero attached hydrogens (tertiary/aromatic N) is 2. The zero-order valence-corrected chi connectivity index (χ0v) is 19.1. The van der Waals surface area contributed by atoms with E-state index in [2.05, 4.69) is 10.3 Å². The lowest BCUT2D eigenvalue weighted by molar-refractivity contribution is -0.118. The molecule has 2 aromatic carbocycles. The van der Waals surface area contributed by atoms with E-state index in [0.717, 1.165) is 16.6 Å². The summed E-state index contributed by atoms with van der Waals surface area (Å²) in [6.07, 6.45) is 0. The zero-order valence-electron chi connectivity index (χ0n) is 17.5. The van der Waals surface area contributed by atoms with Crippen LogP contribution in [-0.4, -0.2) is 33.0 Å². The van der Waals surface area contributed by atoms with Crippen LogP contribution < -0.4 is 14.4 Å². The Labute approximate surface area is 190 Å². The van der Waals surface area contributed by atoms with Gasteiger partial charge in [-0.15, -0.1) is 11.3 Å². The largest absolute Gasteiger partial charge is 0.484 e. The Bertz CT molecular complexity index is 1350. The predicted molar refractivity (Wildman–Crippen MR) is 127 cm³/mol. The quantitative estimate of drug-likeness (QED) is 0.434. The molecule has 2 heterocycles. The van der Waals surface area contributed by atoms with Crippen LogP contribution in [0.15, 0.2) is 76.3 Å². The molecule has 2 aromatic heterocycles. The number of hydrogen-bond donors (Lipinski definition) is 1. The fourth-order valence-electron chi connectivity index (χ4n) is 3.18. The van der Waals surface area contributed by atoms with E-state index in [9.17, 15) is 13.2 Å². The first kappa shape index (κ1) is 21.8. The van der Waals surface area contributed by atoms with E-state index in [4.69, 9.17) is 4.74 Å². The van der Waals surface area contributed by atoms with Crippen LogP contribution in [0.25, 0.3) is 10.9 Å². The molecule has 0 aliphatic rings. The number of fused-ring (bicyclic) bond motifs is 1. The minimum absolute atomic E-state index is 0.182. The van der Waals surface area contributed by atoms with Gasteiger partial charge >= 0.3 is 0 Å². The first-order valence-corrected chi connectivity index (χ1v) is 12.1. The monoisotopic (exact) mass is 467 g/mol. The van der Waals surface area contributed by atoms with Crippen molar-refractivity contribution in [2.45, 2.75) is 11.1 Å². The summed E-state index contributed by atoms with van der Waals surface area (Å²) in [6, 6.07) is 19.2. The number of benzene rings is 2. The van der Waals surface area contributed by atoms with Gasteiger partial charge < -0.3 is 10.1 Å².